The molecule has 0 aliphatic carbocycles. The van der Waals surface area contributed by atoms with E-state index in [4.69, 9.17) is 15.6 Å². The first-order valence-electron chi connectivity index (χ1n) is 7.42. The van der Waals surface area contributed by atoms with E-state index in [0.717, 1.165) is 24.5 Å². The maximum atomic E-state index is 12.3. The Kier molecular flexibility index (Phi) is 7.74. The van der Waals surface area contributed by atoms with Crippen molar-refractivity contribution in [1.82, 2.24) is 4.90 Å². The molecule has 0 spiro atoms. The molecular weight excluding hydrogens is 352 g/mol. The summed E-state index contributed by atoms with van der Waals surface area (Å²) in [5, 5.41) is 19.8. The number of aliphatic hydroxyl groups excluding tert-OH is 1. The van der Waals surface area contributed by atoms with Crippen molar-refractivity contribution in [3.63, 3.8) is 0 Å². The Hall–Kier alpha value is -2.24. The molecule has 1 unspecified atom stereocenters. The van der Waals surface area contributed by atoms with E-state index in [1.54, 1.807) is 14.1 Å². The highest BCUT2D eigenvalue weighted by Crippen LogP contribution is 2.30. The number of nitrogens with zero attached hydrogens (tertiary/aromatic N) is 3. The number of ether oxygens (including phenoxy) is 1. The number of rotatable bonds is 10. The van der Waals surface area contributed by atoms with Gasteiger partial charge in [-0.05, 0) is 18.9 Å². The average molecular weight is 374 g/mol. The summed E-state index contributed by atoms with van der Waals surface area (Å²) in [7, 11) is -0.855. The number of benzene rings is 1. The van der Waals surface area contributed by atoms with Crippen molar-refractivity contribution < 1.29 is 23.2 Å². The van der Waals surface area contributed by atoms with Crippen LogP contribution < -0.4 is 10.5 Å². The zero-order chi connectivity index (χ0) is 19.0. The SMILES string of the molecule is CN(C)C=NS(=O)(=O)c1ccc([N+](=O)[O-])cc1OCCCC(N)CO. The first kappa shape index (κ1) is 20.8. The van der Waals surface area contributed by atoms with E-state index in [0.29, 0.717) is 12.8 Å². The quantitative estimate of drug-likeness (QED) is 0.196. The molecule has 0 bridgehead atoms. The Morgan fingerprint density at radius 3 is 2.72 bits per heavy atom. The zero-order valence-corrected chi connectivity index (χ0v) is 14.8. The van der Waals surface area contributed by atoms with Crippen LogP contribution in [0.1, 0.15) is 12.8 Å². The topological polar surface area (TPSA) is 148 Å². The van der Waals surface area contributed by atoms with Gasteiger partial charge < -0.3 is 20.5 Å². The summed E-state index contributed by atoms with van der Waals surface area (Å²) >= 11 is 0. The van der Waals surface area contributed by atoms with Crippen LogP contribution in [0.5, 0.6) is 5.75 Å². The largest absolute Gasteiger partial charge is 0.492 e. The summed E-state index contributed by atoms with van der Waals surface area (Å²) in [5.41, 5.74) is 5.27. The summed E-state index contributed by atoms with van der Waals surface area (Å²) < 4.78 is 33.5. The standard InChI is InChI=1S/C14H22N4O6S/c1-17(2)10-16-25(22,23)14-6-5-12(18(20)21)8-13(14)24-7-3-4-11(15)9-19/h5-6,8,10-11,19H,3-4,7,9,15H2,1-2H3. The van der Waals surface area contributed by atoms with Crippen molar-refractivity contribution in [3.05, 3.63) is 28.3 Å². The summed E-state index contributed by atoms with van der Waals surface area (Å²) in [6.07, 6.45) is 2.03. The number of aliphatic hydroxyl groups is 1. The lowest BCUT2D eigenvalue weighted by Crippen LogP contribution is -2.24. The highest BCUT2D eigenvalue weighted by atomic mass is 32.2. The van der Waals surface area contributed by atoms with Crippen LogP contribution in [-0.2, 0) is 10.0 Å². The lowest BCUT2D eigenvalue weighted by atomic mass is 10.2. The van der Waals surface area contributed by atoms with Gasteiger partial charge in [-0.2, -0.15) is 8.42 Å². The van der Waals surface area contributed by atoms with Crippen molar-refractivity contribution in [1.29, 1.82) is 0 Å². The Balaban J connectivity index is 3.06. The predicted octanol–water partition coefficient (Wildman–Crippen LogP) is 0.352. The van der Waals surface area contributed by atoms with Gasteiger partial charge in [-0.15, -0.1) is 4.40 Å². The van der Waals surface area contributed by atoms with Crippen LogP contribution in [0, 0.1) is 10.1 Å². The van der Waals surface area contributed by atoms with Crippen LogP contribution in [0.25, 0.3) is 0 Å². The van der Waals surface area contributed by atoms with Gasteiger partial charge in [0, 0.05) is 26.2 Å². The molecule has 0 aliphatic rings. The molecule has 3 N–H and O–H groups in total. The van der Waals surface area contributed by atoms with E-state index in [1.807, 2.05) is 0 Å². The normalized spacial score (nSPS) is 13.0. The molecule has 25 heavy (non-hydrogen) atoms. The van der Waals surface area contributed by atoms with Crippen molar-refractivity contribution in [2.24, 2.45) is 10.1 Å². The van der Waals surface area contributed by atoms with E-state index in [1.165, 1.54) is 4.90 Å². The van der Waals surface area contributed by atoms with Crippen LogP contribution in [0.15, 0.2) is 27.5 Å². The number of nitro groups is 1. The third-order valence-electron chi connectivity index (χ3n) is 3.04. The van der Waals surface area contributed by atoms with Crippen LogP contribution in [0.3, 0.4) is 0 Å². The molecule has 0 saturated heterocycles. The molecule has 1 aromatic carbocycles. The second-order valence-electron chi connectivity index (χ2n) is 5.48. The molecule has 1 atom stereocenters. The monoisotopic (exact) mass is 374 g/mol. The average Bonchev–Trinajstić information content (AvgIpc) is 2.56. The molecule has 0 radical (unpaired) electrons. The highest BCUT2D eigenvalue weighted by Gasteiger charge is 2.22. The van der Waals surface area contributed by atoms with Crippen LogP contribution in [0.4, 0.5) is 5.69 Å². The minimum atomic E-state index is -4.07. The van der Waals surface area contributed by atoms with Gasteiger partial charge in [0.05, 0.1) is 24.2 Å². The number of nitro benzene ring substituents is 1. The van der Waals surface area contributed by atoms with E-state index in [2.05, 4.69) is 4.40 Å². The number of sulfonamides is 1. The minimum Gasteiger partial charge on any atom is -0.492 e. The lowest BCUT2D eigenvalue weighted by molar-refractivity contribution is -0.385. The number of hydrogen-bond acceptors (Lipinski definition) is 7. The van der Waals surface area contributed by atoms with Crippen LogP contribution in [-0.4, -0.2) is 63.0 Å². The van der Waals surface area contributed by atoms with Gasteiger partial charge in [-0.1, -0.05) is 0 Å². The van der Waals surface area contributed by atoms with E-state index in [9.17, 15) is 18.5 Å². The Bertz CT molecular complexity index is 720. The van der Waals surface area contributed by atoms with Crippen molar-refractivity contribution in [2.45, 2.75) is 23.8 Å². The summed E-state index contributed by atoms with van der Waals surface area (Å²) in [4.78, 5) is 11.4. The molecule has 0 saturated carbocycles. The third-order valence-corrected chi connectivity index (χ3v) is 4.31. The molecule has 0 heterocycles. The molecule has 140 valence electrons. The summed E-state index contributed by atoms with van der Waals surface area (Å²) in [5.74, 6) is -0.150. The molecule has 10 nitrogen and oxygen atoms in total. The number of non-ortho nitro benzene ring substituents is 1. The number of nitrogens with two attached hydrogens (primary N) is 1. The molecule has 0 fully saturated rings. The van der Waals surface area contributed by atoms with Gasteiger partial charge in [0.2, 0.25) is 0 Å². The van der Waals surface area contributed by atoms with Gasteiger partial charge in [-0.3, -0.25) is 10.1 Å². The maximum absolute atomic E-state index is 12.3. The highest BCUT2D eigenvalue weighted by molar-refractivity contribution is 7.90. The molecule has 1 aromatic rings. The van der Waals surface area contributed by atoms with E-state index in [-0.39, 0.29) is 29.5 Å². The second kappa shape index (κ2) is 9.30. The van der Waals surface area contributed by atoms with Gasteiger partial charge >= 0.3 is 0 Å². The maximum Gasteiger partial charge on any atom is 0.287 e. The van der Waals surface area contributed by atoms with Crippen molar-refractivity contribution in [2.75, 3.05) is 27.3 Å². The van der Waals surface area contributed by atoms with Crippen molar-refractivity contribution in [3.8, 4) is 5.75 Å². The predicted molar refractivity (Wildman–Crippen MR) is 92.3 cm³/mol. The molecule has 11 heteroatoms. The van der Waals surface area contributed by atoms with Crippen LogP contribution in [0.2, 0.25) is 0 Å². The van der Waals surface area contributed by atoms with Gasteiger partial charge in [0.1, 0.15) is 17.0 Å². The van der Waals surface area contributed by atoms with Crippen molar-refractivity contribution >= 4 is 22.0 Å². The van der Waals surface area contributed by atoms with Gasteiger partial charge in [0.15, 0.2) is 0 Å². The molecular formula is C14H22N4O6S. The van der Waals surface area contributed by atoms with Crippen LogP contribution >= 0.6 is 0 Å². The molecule has 1 rings (SSSR count). The smallest absolute Gasteiger partial charge is 0.287 e. The van der Waals surface area contributed by atoms with Gasteiger partial charge in [0.25, 0.3) is 15.7 Å². The molecule has 0 amide bonds. The molecule has 0 aliphatic heterocycles. The second-order valence-corrected chi connectivity index (χ2v) is 7.08. The fourth-order valence-corrected chi connectivity index (χ4v) is 2.81. The minimum absolute atomic E-state index is 0.0920. The Morgan fingerprint density at radius 2 is 2.16 bits per heavy atom. The number of hydrogen-bond donors (Lipinski definition) is 2. The van der Waals surface area contributed by atoms with Gasteiger partial charge in [-0.25, -0.2) is 0 Å². The van der Waals surface area contributed by atoms with E-state index >= 15 is 0 Å². The molecule has 0 aromatic heterocycles. The van der Waals surface area contributed by atoms with E-state index < -0.39 is 21.0 Å². The Morgan fingerprint density at radius 1 is 1.48 bits per heavy atom. The Labute approximate surface area is 146 Å². The first-order chi connectivity index (χ1) is 11.7. The summed E-state index contributed by atoms with van der Waals surface area (Å²) in [6, 6.07) is 2.81. The first-order valence-corrected chi connectivity index (χ1v) is 8.86. The lowest BCUT2D eigenvalue weighted by Gasteiger charge is -2.12. The zero-order valence-electron chi connectivity index (χ0n) is 14.0. The summed E-state index contributed by atoms with van der Waals surface area (Å²) in [6.45, 7) is -0.0789. The fourth-order valence-electron chi connectivity index (χ4n) is 1.77. The fraction of sp³-hybridized carbons (Fsp3) is 0.500. The third kappa shape index (κ3) is 6.64.